The number of halogens is 1. The summed E-state index contributed by atoms with van der Waals surface area (Å²) < 4.78 is 10.6. The van der Waals surface area contributed by atoms with Gasteiger partial charge in [0.1, 0.15) is 12.4 Å². The molecule has 0 aliphatic heterocycles. The summed E-state index contributed by atoms with van der Waals surface area (Å²) in [5.41, 5.74) is 1.27. The number of para-hydroxylation sites is 2. The predicted molar refractivity (Wildman–Crippen MR) is 102 cm³/mol. The molecular formula is C19H21ClN2O4. The molecule has 0 saturated carbocycles. The molecule has 7 heteroatoms. The third kappa shape index (κ3) is 5.47. The number of carbonyl (C=O) groups excluding carboxylic acids is 2. The van der Waals surface area contributed by atoms with Crippen molar-refractivity contribution in [3.05, 3.63) is 53.1 Å². The molecule has 0 atom stereocenters. The maximum atomic E-state index is 12.5. The molecule has 26 heavy (non-hydrogen) atoms. The second-order valence-electron chi connectivity index (χ2n) is 5.26. The molecule has 2 amide bonds. The summed E-state index contributed by atoms with van der Waals surface area (Å²) in [7, 11) is 0. The van der Waals surface area contributed by atoms with Gasteiger partial charge in [0, 0.05) is 12.2 Å². The standard InChI is InChI=1S/C19H21ClN2O4/c1-3-25-12-18(23)21-16-11-13(9-10-14(16)20)19(24)22-15-7-5-6-8-17(15)26-4-2/h5-11H,3-4,12H2,1-2H3,(H,21,23)(H,22,24). The molecule has 0 aromatic heterocycles. The Kier molecular flexibility index (Phi) is 7.44. The maximum absolute atomic E-state index is 12.5. The molecule has 0 aliphatic carbocycles. The minimum atomic E-state index is -0.340. The van der Waals surface area contributed by atoms with Crippen molar-refractivity contribution in [1.82, 2.24) is 0 Å². The van der Waals surface area contributed by atoms with Crippen LogP contribution in [0, 0.1) is 0 Å². The molecule has 2 aromatic rings. The highest BCUT2D eigenvalue weighted by molar-refractivity contribution is 6.34. The summed E-state index contributed by atoms with van der Waals surface area (Å²) in [5.74, 6) is -0.0929. The summed E-state index contributed by atoms with van der Waals surface area (Å²) in [6, 6.07) is 11.8. The highest BCUT2D eigenvalue weighted by atomic mass is 35.5. The molecule has 0 spiro atoms. The van der Waals surface area contributed by atoms with Gasteiger partial charge in [-0.3, -0.25) is 9.59 Å². The highest BCUT2D eigenvalue weighted by Crippen LogP contribution is 2.26. The largest absolute Gasteiger partial charge is 0.492 e. The SMILES string of the molecule is CCOCC(=O)Nc1cc(C(=O)Nc2ccccc2OCC)ccc1Cl. The Bertz CT molecular complexity index is 780. The van der Waals surface area contributed by atoms with Gasteiger partial charge in [0.05, 0.1) is 23.0 Å². The lowest BCUT2D eigenvalue weighted by molar-refractivity contribution is -0.120. The molecule has 0 fully saturated rings. The highest BCUT2D eigenvalue weighted by Gasteiger charge is 2.13. The number of benzene rings is 2. The molecule has 0 radical (unpaired) electrons. The summed E-state index contributed by atoms with van der Waals surface area (Å²) in [6.07, 6.45) is 0. The molecule has 2 N–H and O–H groups in total. The number of anilines is 2. The van der Waals surface area contributed by atoms with E-state index in [0.29, 0.717) is 40.9 Å². The first-order valence-electron chi connectivity index (χ1n) is 8.25. The van der Waals surface area contributed by atoms with Crippen molar-refractivity contribution in [2.75, 3.05) is 30.5 Å². The molecule has 2 rings (SSSR count). The summed E-state index contributed by atoms with van der Waals surface area (Å²) in [4.78, 5) is 24.3. The fourth-order valence-corrected chi connectivity index (χ4v) is 2.35. The minimum Gasteiger partial charge on any atom is -0.492 e. The average Bonchev–Trinajstić information content (AvgIpc) is 2.63. The normalized spacial score (nSPS) is 10.3. The van der Waals surface area contributed by atoms with Crippen molar-refractivity contribution >= 4 is 34.8 Å². The topological polar surface area (TPSA) is 76.7 Å². The van der Waals surface area contributed by atoms with Crippen LogP contribution in [0.15, 0.2) is 42.5 Å². The monoisotopic (exact) mass is 376 g/mol. The Balaban J connectivity index is 2.14. The molecule has 0 aliphatic rings. The van der Waals surface area contributed by atoms with Gasteiger partial charge in [0.15, 0.2) is 0 Å². The fourth-order valence-electron chi connectivity index (χ4n) is 2.19. The summed E-state index contributed by atoms with van der Waals surface area (Å²) >= 11 is 6.10. The van der Waals surface area contributed by atoms with E-state index in [1.165, 1.54) is 6.07 Å². The van der Waals surface area contributed by atoms with Gasteiger partial charge in [0.25, 0.3) is 5.91 Å². The first-order chi connectivity index (χ1) is 12.5. The van der Waals surface area contributed by atoms with E-state index in [1.54, 1.807) is 37.3 Å². The molecule has 0 heterocycles. The number of amides is 2. The van der Waals surface area contributed by atoms with Crippen LogP contribution < -0.4 is 15.4 Å². The third-order valence-electron chi connectivity index (χ3n) is 3.38. The van der Waals surface area contributed by atoms with Crippen LogP contribution in [0.25, 0.3) is 0 Å². The Morgan fingerprint density at radius 1 is 1.00 bits per heavy atom. The lowest BCUT2D eigenvalue weighted by atomic mass is 10.1. The van der Waals surface area contributed by atoms with Gasteiger partial charge in [-0.25, -0.2) is 0 Å². The van der Waals surface area contributed by atoms with E-state index in [2.05, 4.69) is 10.6 Å². The number of hydrogen-bond donors (Lipinski definition) is 2. The number of rotatable bonds is 8. The van der Waals surface area contributed by atoms with Gasteiger partial charge in [-0.15, -0.1) is 0 Å². The van der Waals surface area contributed by atoms with E-state index in [-0.39, 0.29) is 18.4 Å². The van der Waals surface area contributed by atoms with Gasteiger partial charge in [0.2, 0.25) is 5.91 Å². The van der Waals surface area contributed by atoms with E-state index >= 15 is 0 Å². The van der Waals surface area contributed by atoms with Crippen LogP contribution in [-0.4, -0.2) is 31.6 Å². The third-order valence-corrected chi connectivity index (χ3v) is 3.70. The molecule has 0 unspecified atom stereocenters. The van der Waals surface area contributed by atoms with E-state index in [9.17, 15) is 9.59 Å². The van der Waals surface area contributed by atoms with Crippen LogP contribution in [-0.2, 0) is 9.53 Å². The van der Waals surface area contributed by atoms with Crippen LogP contribution in [0.5, 0.6) is 5.75 Å². The lowest BCUT2D eigenvalue weighted by Gasteiger charge is -2.12. The predicted octanol–water partition coefficient (Wildman–Crippen LogP) is 3.97. The Labute approximate surface area is 157 Å². The maximum Gasteiger partial charge on any atom is 0.255 e. The first-order valence-corrected chi connectivity index (χ1v) is 8.63. The van der Waals surface area contributed by atoms with Crippen LogP contribution in [0.2, 0.25) is 5.02 Å². The Hall–Kier alpha value is -2.57. The molecular weight excluding hydrogens is 356 g/mol. The Morgan fingerprint density at radius 3 is 2.50 bits per heavy atom. The van der Waals surface area contributed by atoms with Gasteiger partial charge in [-0.2, -0.15) is 0 Å². The molecule has 0 bridgehead atoms. The van der Waals surface area contributed by atoms with Crippen molar-refractivity contribution in [2.45, 2.75) is 13.8 Å². The van der Waals surface area contributed by atoms with Gasteiger partial charge in [-0.1, -0.05) is 23.7 Å². The smallest absolute Gasteiger partial charge is 0.255 e. The van der Waals surface area contributed by atoms with Crippen LogP contribution in [0.4, 0.5) is 11.4 Å². The van der Waals surface area contributed by atoms with Crippen LogP contribution in [0.3, 0.4) is 0 Å². The minimum absolute atomic E-state index is 0.0784. The fraction of sp³-hybridized carbons (Fsp3) is 0.263. The number of ether oxygens (including phenoxy) is 2. The van der Waals surface area contributed by atoms with Gasteiger partial charge in [-0.05, 0) is 44.2 Å². The van der Waals surface area contributed by atoms with Crippen molar-refractivity contribution in [3.8, 4) is 5.75 Å². The van der Waals surface area contributed by atoms with Crippen molar-refractivity contribution in [3.63, 3.8) is 0 Å². The second kappa shape index (κ2) is 9.79. The number of hydrogen-bond acceptors (Lipinski definition) is 4. The summed E-state index contributed by atoms with van der Waals surface area (Å²) in [5, 5.41) is 5.77. The van der Waals surface area contributed by atoms with Crippen molar-refractivity contribution in [1.29, 1.82) is 0 Å². The average molecular weight is 377 g/mol. The molecule has 6 nitrogen and oxygen atoms in total. The van der Waals surface area contributed by atoms with Crippen LogP contribution in [0.1, 0.15) is 24.2 Å². The quantitative estimate of drug-likeness (QED) is 0.731. The van der Waals surface area contributed by atoms with E-state index < -0.39 is 0 Å². The van der Waals surface area contributed by atoms with E-state index in [1.807, 2.05) is 13.0 Å². The van der Waals surface area contributed by atoms with Crippen molar-refractivity contribution < 1.29 is 19.1 Å². The first kappa shape index (κ1) is 19.8. The number of carbonyl (C=O) groups is 2. The van der Waals surface area contributed by atoms with Crippen LogP contribution >= 0.6 is 11.6 Å². The van der Waals surface area contributed by atoms with Gasteiger partial charge < -0.3 is 20.1 Å². The molecule has 0 saturated heterocycles. The zero-order chi connectivity index (χ0) is 18.9. The molecule has 138 valence electrons. The van der Waals surface area contributed by atoms with E-state index in [4.69, 9.17) is 21.1 Å². The zero-order valence-corrected chi connectivity index (χ0v) is 15.4. The number of nitrogens with one attached hydrogen (secondary N) is 2. The second-order valence-corrected chi connectivity index (χ2v) is 5.67. The van der Waals surface area contributed by atoms with Gasteiger partial charge >= 0.3 is 0 Å². The van der Waals surface area contributed by atoms with Crippen molar-refractivity contribution in [2.24, 2.45) is 0 Å². The summed E-state index contributed by atoms with van der Waals surface area (Å²) in [6.45, 7) is 4.51. The zero-order valence-electron chi connectivity index (χ0n) is 14.7. The molecule has 2 aromatic carbocycles. The Morgan fingerprint density at radius 2 is 1.77 bits per heavy atom. The lowest BCUT2D eigenvalue weighted by Crippen LogP contribution is -2.19. The van der Waals surface area contributed by atoms with E-state index in [0.717, 1.165) is 0 Å².